The van der Waals surface area contributed by atoms with Crippen molar-refractivity contribution in [3.63, 3.8) is 0 Å². The van der Waals surface area contributed by atoms with Gasteiger partial charge in [0.2, 0.25) is 5.12 Å². The molecule has 2 unspecified atom stereocenters. The summed E-state index contributed by atoms with van der Waals surface area (Å²) in [6.07, 6.45) is 1.86. The Morgan fingerprint density at radius 2 is 2.29 bits per heavy atom. The topological polar surface area (TPSA) is 54.4 Å². The fraction of sp³-hybridized carbons (Fsp3) is 0.600. The number of aliphatic carboxylic acids is 1. The fourth-order valence-electron chi connectivity index (χ4n) is 2.01. The van der Waals surface area contributed by atoms with Crippen LogP contribution in [0.2, 0.25) is 0 Å². The minimum absolute atomic E-state index is 0.0415. The van der Waals surface area contributed by atoms with Gasteiger partial charge < -0.3 is 5.11 Å². The standard InChI is InChI=1S/C10H12O3S/c1-10(2)6(7(10)8(11)12)3-5-4-14-9(5)13/h3,6-7H,4H2,1-2H3,(H,11,12). The monoisotopic (exact) mass is 212 g/mol. The number of allylic oxidation sites excluding steroid dienone is 1. The van der Waals surface area contributed by atoms with E-state index in [-0.39, 0.29) is 22.4 Å². The Balaban J connectivity index is 2.12. The van der Waals surface area contributed by atoms with Crippen LogP contribution in [0.15, 0.2) is 11.6 Å². The third-order valence-corrected chi connectivity index (χ3v) is 4.16. The third kappa shape index (κ3) is 1.29. The second-order valence-electron chi connectivity index (χ2n) is 4.43. The van der Waals surface area contributed by atoms with E-state index in [0.717, 1.165) is 11.3 Å². The van der Waals surface area contributed by atoms with Gasteiger partial charge in [0.15, 0.2) is 0 Å². The van der Waals surface area contributed by atoms with Crippen LogP contribution in [0.3, 0.4) is 0 Å². The molecule has 0 amide bonds. The van der Waals surface area contributed by atoms with Crippen molar-refractivity contribution in [1.29, 1.82) is 0 Å². The SMILES string of the molecule is CC1(C)C(C=C2CSC2=O)C1C(=O)O. The van der Waals surface area contributed by atoms with Crippen molar-refractivity contribution < 1.29 is 14.7 Å². The molecule has 1 aliphatic carbocycles. The van der Waals surface area contributed by atoms with Crippen molar-refractivity contribution in [1.82, 2.24) is 0 Å². The summed E-state index contributed by atoms with van der Waals surface area (Å²) in [5, 5.41) is 9.02. The van der Waals surface area contributed by atoms with Gasteiger partial charge in [0.25, 0.3) is 0 Å². The Labute approximate surface area is 86.6 Å². The predicted molar refractivity (Wildman–Crippen MR) is 53.9 cm³/mol. The molecule has 3 nitrogen and oxygen atoms in total. The van der Waals surface area contributed by atoms with E-state index in [2.05, 4.69) is 0 Å². The smallest absolute Gasteiger partial charge is 0.307 e. The number of carbonyl (C=O) groups is 2. The van der Waals surface area contributed by atoms with E-state index in [0.29, 0.717) is 0 Å². The predicted octanol–water partition coefficient (Wildman–Crippen LogP) is 1.54. The summed E-state index contributed by atoms with van der Waals surface area (Å²) in [5.74, 6) is -0.276. The van der Waals surface area contributed by atoms with Crippen molar-refractivity contribution in [2.45, 2.75) is 13.8 Å². The third-order valence-electron chi connectivity index (χ3n) is 3.18. The Morgan fingerprint density at radius 1 is 1.64 bits per heavy atom. The first-order chi connectivity index (χ1) is 6.44. The molecule has 2 rings (SSSR count). The highest BCUT2D eigenvalue weighted by Crippen LogP contribution is 2.59. The van der Waals surface area contributed by atoms with Gasteiger partial charge >= 0.3 is 5.97 Å². The maximum atomic E-state index is 11.0. The molecular weight excluding hydrogens is 200 g/mol. The van der Waals surface area contributed by atoms with Crippen LogP contribution in [0.25, 0.3) is 0 Å². The zero-order valence-electron chi connectivity index (χ0n) is 8.11. The van der Waals surface area contributed by atoms with Gasteiger partial charge in [-0.2, -0.15) is 0 Å². The molecule has 14 heavy (non-hydrogen) atoms. The molecule has 1 N–H and O–H groups in total. The molecule has 76 valence electrons. The van der Waals surface area contributed by atoms with Crippen molar-refractivity contribution in [2.75, 3.05) is 5.75 Å². The molecule has 2 atom stereocenters. The summed E-state index contributed by atoms with van der Waals surface area (Å²) in [4.78, 5) is 21.9. The molecule has 4 heteroatoms. The number of carboxylic acid groups (broad SMARTS) is 1. The second kappa shape index (κ2) is 2.86. The molecular formula is C10H12O3S. The lowest BCUT2D eigenvalue weighted by Gasteiger charge is -2.13. The molecule has 0 aromatic carbocycles. The molecule has 1 saturated carbocycles. The zero-order chi connectivity index (χ0) is 10.5. The van der Waals surface area contributed by atoms with Crippen LogP contribution in [0.5, 0.6) is 0 Å². The summed E-state index contributed by atoms with van der Waals surface area (Å²) in [6, 6.07) is 0. The molecule has 1 aliphatic heterocycles. The number of thioether (sulfide) groups is 1. The van der Waals surface area contributed by atoms with Crippen LogP contribution in [0, 0.1) is 17.3 Å². The maximum absolute atomic E-state index is 11.0. The van der Waals surface area contributed by atoms with E-state index in [4.69, 9.17) is 5.11 Å². The van der Waals surface area contributed by atoms with Gasteiger partial charge in [-0.1, -0.05) is 31.7 Å². The average molecular weight is 212 g/mol. The van der Waals surface area contributed by atoms with Crippen LogP contribution in [-0.2, 0) is 9.59 Å². The highest BCUT2D eigenvalue weighted by Gasteiger charge is 2.61. The highest BCUT2D eigenvalue weighted by molar-refractivity contribution is 8.16. The summed E-state index contributed by atoms with van der Waals surface area (Å²) >= 11 is 1.29. The lowest BCUT2D eigenvalue weighted by atomic mass is 10.1. The molecule has 1 heterocycles. The molecule has 2 fully saturated rings. The molecule has 2 aliphatic rings. The molecule has 0 aromatic rings. The van der Waals surface area contributed by atoms with E-state index in [9.17, 15) is 9.59 Å². The summed E-state index contributed by atoms with van der Waals surface area (Å²) < 4.78 is 0. The highest BCUT2D eigenvalue weighted by atomic mass is 32.2. The molecule has 0 spiro atoms. The van der Waals surface area contributed by atoms with Gasteiger partial charge in [0, 0.05) is 11.3 Å². The van der Waals surface area contributed by atoms with Crippen molar-refractivity contribution in [2.24, 2.45) is 17.3 Å². The van der Waals surface area contributed by atoms with Crippen LogP contribution in [0.1, 0.15) is 13.8 Å². The maximum Gasteiger partial charge on any atom is 0.307 e. The number of carboxylic acids is 1. The number of hydrogen-bond acceptors (Lipinski definition) is 3. The minimum Gasteiger partial charge on any atom is -0.481 e. The molecule has 0 bridgehead atoms. The van der Waals surface area contributed by atoms with E-state index >= 15 is 0 Å². The first kappa shape index (κ1) is 9.77. The molecule has 1 saturated heterocycles. The van der Waals surface area contributed by atoms with Gasteiger partial charge in [0.05, 0.1) is 5.92 Å². The van der Waals surface area contributed by atoms with E-state index in [1.165, 1.54) is 11.8 Å². The summed E-state index contributed by atoms with van der Waals surface area (Å²) in [5.41, 5.74) is 0.621. The van der Waals surface area contributed by atoms with Gasteiger partial charge in [-0.25, -0.2) is 0 Å². The average Bonchev–Trinajstić information content (AvgIpc) is 2.61. The van der Waals surface area contributed by atoms with Crippen molar-refractivity contribution in [3.8, 4) is 0 Å². The van der Waals surface area contributed by atoms with Crippen LogP contribution >= 0.6 is 11.8 Å². The Kier molecular flexibility index (Phi) is 2.00. The largest absolute Gasteiger partial charge is 0.481 e. The van der Waals surface area contributed by atoms with E-state index in [1.54, 1.807) is 0 Å². The minimum atomic E-state index is -0.753. The first-order valence-corrected chi connectivity index (χ1v) is 5.54. The second-order valence-corrected chi connectivity index (χ2v) is 5.38. The lowest BCUT2D eigenvalue weighted by Crippen LogP contribution is -2.13. The molecule has 0 radical (unpaired) electrons. The first-order valence-electron chi connectivity index (χ1n) is 4.55. The van der Waals surface area contributed by atoms with Crippen molar-refractivity contribution >= 4 is 22.8 Å². The van der Waals surface area contributed by atoms with Crippen LogP contribution in [0.4, 0.5) is 0 Å². The number of hydrogen-bond donors (Lipinski definition) is 1. The lowest BCUT2D eigenvalue weighted by molar-refractivity contribution is -0.139. The summed E-state index contributed by atoms with van der Waals surface area (Å²) in [7, 11) is 0. The van der Waals surface area contributed by atoms with E-state index < -0.39 is 5.97 Å². The quantitative estimate of drug-likeness (QED) is 0.705. The number of carbonyl (C=O) groups excluding carboxylic acids is 1. The van der Waals surface area contributed by atoms with Crippen LogP contribution < -0.4 is 0 Å². The van der Waals surface area contributed by atoms with Gasteiger partial charge in [-0.3, -0.25) is 9.59 Å². The van der Waals surface area contributed by atoms with E-state index in [1.807, 2.05) is 19.9 Å². The Hall–Kier alpha value is -0.770. The zero-order valence-corrected chi connectivity index (χ0v) is 8.93. The Bertz CT molecular complexity index is 343. The van der Waals surface area contributed by atoms with Crippen LogP contribution in [-0.4, -0.2) is 21.9 Å². The number of rotatable bonds is 2. The van der Waals surface area contributed by atoms with Gasteiger partial charge in [-0.15, -0.1) is 0 Å². The normalized spacial score (nSPS) is 36.7. The Morgan fingerprint density at radius 3 is 2.57 bits per heavy atom. The van der Waals surface area contributed by atoms with Gasteiger partial charge in [-0.05, 0) is 11.3 Å². The van der Waals surface area contributed by atoms with Gasteiger partial charge in [0.1, 0.15) is 0 Å². The summed E-state index contributed by atoms with van der Waals surface area (Å²) in [6.45, 7) is 3.87. The van der Waals surface area contributed by atoms with Crippen molar-refractivity contribution in [3.05, 3.63) is 11.6 Å². The molecule has 0 aromatic heterocycles. The fourth-order valence-corrected chi connectivity index (χ4v) is 2.60.